The smallest absolute Gasteiger partial charge is 0.255 e. The van der Waals surface area contributed by atoms with E-state index in [0.717, 1.165) is 17.2 Å². The van der Waals surface area contributed by atoms with Crippen molar-refractivity contribution >= 4 is 34.8 Å². The number of Topliss-reactive ketones (excluding diaryl/α,β-unsaturated/α-hetero) is 2. The van der Waals surface area contributed by atoms with E-state index in [1.54, 1.807) is 0 Å². The minimum Gasteiger partial charge on any atom is -0.508 e. The zero-order valence-electron chi connectivity index (χ0n) is 21.1. The second-order valence-electron chi connectivity index (χ2n) is 10.1. The number of nitrogens with one attached hydrogen (secondary N) is 1. The second-order valence-corrected chi connectivity index (χ2v) is 10.1. The van der Waals surface area contributed by atoms with Gasteiger partial charge in [-0.2, -0.15) is 4.80 Å². The zero-order chi connectivity index (χ0) is 29.3. The third-order valence-electron chi connectivity index (χ3n) is 7.62. The van der Waals surface area contributed by atoms with Gasteiger partial charge in [-0.05, 0) is 38.1 Å². The summed E-state index contributed by atoms with van der Waals surface area (Å²) in [5.74, 6) is -10.3. The SMILES string of the molecule is CN(C)[C@@H]1C(=O)C(C(N)=O)=C(O)[C@@]2(O)C(=O)C3=C(O)c4c(O)c(NC(=O)Cn5ncnn5)cc(F)c4C[C@H]3C[C@@H]12. The number of rotatable bonds is 5. The third-order valence-corrected chi connectivity index (χ3v) is 7.62. The highest BCUT2D eigenvalue weighted by Gasteiger charge is 2.64. The number of halogens is 1. The van der Waals surface area contributed by atoms with Crippen molar-refractivity contribution in [3.8, 4) is 5.75 Å². The number of tetrazole rings is 1. The summed E-state index contributed by atoms with van der Waals surface area (Å²) in [5.41, 5.74) is -0.0126. The van der Waals surface area contributed by atoms with Crippen LogP contribution < -0.4 is 11.1 Å². The average molecular weight is 557 g/mol. The zero-order valence-corrected chi connectivity index (χ0v) is 21.1. The summed E-state index contributed by atoms with van der Waals surface area (Å²) in [6.45, 7) is -0.431. The maximum Gasteiger partial charge on any atom is 0.255 e. The minimum atomic E-state index is -2.82. The van der Waals surface area contributed by atoms with Crippen LogP contribution in [0.25, 0.3) is 5.76 Å². The summed E-state index contributed by atoms with van der Waals surface area (Å²) in [7, 11) is 2.94. The molecule has 0 spiro atoms. The van der Waals surface area contributed by atoms with Crippen molar-refractivity contribution in [3.05, 3.63) is 46.2 Å². The molecular formula is C24H24FN7O8. The number of aromatic hydroxyl groups is 1. The summed E-state index contributed by atoms with van der Waals surface area (Å²) in [6.07, 6.45) is 0.673. The van der Waals surface area contributed by atoms with E-state index in [0.29, 0.717) is 0 Å². The maximum absolute atomic E-state index is 15.3. The summed E-state index contributed by atoms with van der Waals surface area (Å²) >= 11 is 0. The normalized spacial score (nSPS) is 26.0. The largest absolute Gasteiger partial charge is 0.508 e. The van der Waals surface area contributed by atoms with Crippen LogP contribution in [-0.2, 0) is 32.1 Å². The molecule has 3 aliphatic rings. The van der Waals surface area contributed by atoms with Gasteiger partial charge in [0, 0.05) is 23.1 Å². The molecule has 0 bridgehead atoms. The van der Waals surface area contributed by atoms with Crippen LogP contribution in [0.3, 0.4) is 0 Å². The van der Waals surface area contributed by atoms with E-state index in [-0.39, 0.29) is 18.4 Å². The topological polar surface area (TPSA) is 234 Å². The number of anilines is 1. The Labute approximate surface area is 224 Å². The highest BCUT2D eigenvalue weighted by atomic mass is 19.1. The number of hydrogen-bond acceptors (Lipinski definition) is 12. The summed E-state index contributed by atoms with van der Waals surface area (Å²) < 4.78 is 15.3. The van der Waals surface area contributed by atoms with Crippen LogP contribution in [0.2, 0.25) is 0 Å². The summed E-state index contributed by atoms with van der Waals surface area (Å²) in [5, 5.41) is 57.5. The van der Waals surface area contributed by atoms with Crippen molar-refractivity contribution in [2.45, 2.75) is 31.0 Å². The van der Waals surface area contributed by atoms with Gasteiger partial charge in [0.1, 0.15) is 29.5 Å². The standard InChI is InChI=1S/C24H24FN7O8/c1-31(2)17-10-4-8-3-9-11(25)5-12(29-13(33)6-32-28-7-27-30-32)18(34)15(9)19(35)14(8)21(37)24(10,40)22(38)16(20(17)36)23(26)39/h5,7-8,10,17,34-35,38,40H,3-4,6H2,1-2H3,(H2,26,39)(H,29,33)/t8-,10-,17-,24-/m0/s1. The number of primary amides is 1. The molecule has 4 atom stereocenters. The first-order valence-corrected chi connectivity index (χ1v) is 12.0. The van der Waals surface area contributed by atoms with Crippen molar-refractivity contribution in [2.24, 2.45) is 17.6 Å². The third kappa shape index (κ3) is 3.75. The number of aromatic nitrogens is 4. The Morgan fingerprint density at radius 2 is 1.98 bits per heavy atom. The van der Waals surface area contributed by atoms with Gasteiger partial charge in [-0.15, -0.1) is 10.2 Å². The molecule has 1 aromatic carbocycles. The van der Waals surface area contributed by atoms with Gasteiger partial charge in [0.25, 0.3) is 5.91 Å². The molecule has 1 saturated carbocycles. The van der Waals surface area contributed by atoms with Crippen LogP contribution in [-0.4, -0.2) is 94.7 Å². The quantitative estimate of drug-likeness (QED) is 0.186. The van der Waals surface area contributed by atoms with Gasteiger partial charge in [-0.3, -0.25) is 24.1 Å². The van der Waals surface area contributed by atoms with Crippen molar-refractivity contribution in [1.29, 1.82) is 0 Å². The fourth-order valence-corrected chi connectivity index (χ4v) is 5.94. The Bertz CT molecular complexity index is 1550. The first-order valence-electron chi connectivity index (χ1n) is 12.0. The van der Waals surface area contributed by atoms with Crippen LogP contribution in [0.15, 0.2) is 29.3 Å². The van der Waals surface area contributed by atoms with Gasteiger partial charge in [0.15, 0.2) is 23.5 Å². The van der Waals surface area contributed by atoms with E-state index in [9.17, 15) is 39.6 Å². The fourth-order valence-electron chi connectivity index (χ4n) is 5.94. The lowest BCUT2D eigenvalue weighted by molar-refractivity contribution is -0.153. The van der Waals surface area contributed by atoms with E-state index < -0.39 is 98.9 Å². The molecule has 7 N–H and O–H groups in total. The number of benzene rings is 1. The molecule has 1 heterocycles. The Morgan fingerprint density at radius 1 is 1.27 bits per heavy atom. The van der Waals surface area contributed by atoms with E-state index in [1.165, 1.54) is 19.0 Å². The van der Waals surface area contributed by atoms with E-state index in [4.69, 9.17) is 5.73 Å². The number of hydrogen-bond donors (Lipinski definition) is 6. The number of fused-ring (bicyclic) bond motifs is 3. The molecule has 210 valence electrons. The Morgan fingerprint density at radius 3 is 2.58 bits per heavy atom. The number of nitrogens with two attached hydrogens (primary N) is 1. The molecule has 15 nitrogen and oxygen atoms in total. The van der Waals surface area contributed by atoms with Crippen molar-refractivity contribution in [2.75, 3.05) is 19.4 Å². The number of carbonyl (C=O) groups is 4. The Hall–Kier alpha value is -4.70. The number of amides is 2. The molecule has 0 aliphatic heterocycles. The predicted molar refractivity (Wildman–Crippen MR) is 131 cm³/mol. The minimum absolute atomic E-state index is 0.168. The van der Waals surface area contributed by atoms with Crippen LogP contribution in [0.5, 0.6) is 5.75 Å². The van der Waals surface area contributed by atoms with Gasteiger partial charge < -0.3 is 31.5 Å². The molecule has 0 unspecified atom stereocenters. The first kappa shape index (κ1) is 26.9. The number of aliphatic hydroxyl groups is 3. The molecule has 40 heavy (non-hydrogen) atoms. The maximum atomic E-state index is 15.3. The monoisotopic (exact) mass is 557 g/mol. The van der Waals surface area contributed by atoms with Gasteiger partial charge in [0.2, 0.25) is 11.7 Å². The van der Waals surface area contributed by atoms with Gasteiger partial charge in [0.05, 0.1) is 17.3 Å². The number of likely N-dealkylation sites (N-methyl/N-ethyl adjacent to an activating group) is 1. The lowest BCUT2D eigenvalue weighted by Gasteiger charge is -2.50. The van der Waals surface area contributed by atoms with Crippen LogP contribution in [0.1, 0.15) is 17.5 Å². The van der Waals surface area contributed by atoms with Crippen molar-refractivity contribution in [1.82, 2.24) is 25.1 Å². The number of phenols is 1. The molecule has 16 heteroatoms. The second kappa shape index (κ2) is 9.20. The van der Waals surface area contributed by atoms with Crippen LogP contribution in [0, 0.1) is 17.7 Å². The molecule has 5 rings (SSSR count). The number of ketones is 2. The molecule has 2 aromatic rings. The average Bonchev–Trinajstić information content (AvgIpc) is 3.37. The van der Waals surface area contributed by atoms with Crippen molar-refractivity contribution < 1.29 is 44.0 Å². The van der Waals surface area contributed by atoms with Gasteiger partial charge >= 0.3 is 0 Å². The van der Waals surface area contributed by atoms with E-state index in [2.05, 4.69) is 20.7 Å². The number of carbonyl (C=O) groups excluding carboxylic acids is 4. The molecule has 3 aliphatic carbocycles. The number of nitrogens with zero attached hydrogens (tertiary/aromatic N) is 5. The molecule has 0 radical (unpaired) electrons. The van der Waals surface area contributed by atoms with E-state index >= 15 is 4.39 Å². The van der Waals surface area contributed by atoms with Crippen molar-refractivity contribution in [3.63, 3.8) is 0 Å². The lowest BCUT2D eigenvalue weighted by Crippen LogP contribution is -2.65. The fraction of sp³-hybridized carbons (Fsp3) is 0.375. The predicted octanol–water partition coefficient (Wildman–Crippen LogP) is -1.27. The van der Waals surface area contributed by atoms with Crippen LogP contribution >= 0.6 is 0 Å². The molecule has 2 amide bonds. The summed E-state index contributed by atoms with van der Waals surface area (Å²) in [4.78, 5) is 53.6. The molecular weight excluding hydrogens is 533 g/mol. The van der Waals surface area contributed by atoms with Crippen LogP contribution in [0.4, 0.5) is 10.1 Å². The molecule has 1 aromatic heterocycles. The van der Waals surface area contributed by atoms with Gasteiger partial charge in [-0.1, -0.05) is 0 Å². The number of phenolic OH excluding ortho intramolecular Hbond substituents is 1. The Kier molecular flexibility index (Phi) is 6.18. The molecule has 0 saturated heterocycles. The highest BCUT2D eigenvalue weighted by Crippen LogP contribution is 2.53. The Balaban J connectivity index is 1.62. The first-order chi connectivity index (χ1) is 18.8. The lowest BCUT2D eigenvalue weighted by atomic mass is 9.57. The molecule has 1 fully saturated rings. The summed E-state index contributed by atoms with van der Waals surface area (Å²) in [6, 6.07) is -0.409. The number of aliphatic hydroxyl groups excluding tert-OH is 2. The highest BCUT2D eigenvalue weighted by molar-refractivity contribution is 6.24. The van der Waals surface area contributed by atoms with E-state index in [1.807, 2.05) is 0 Å². The van der Waals surface area contributed by atoms with Gasteiger partial charge in [-0.25, -0.2) is 4.39 Å².